The third kappa shape index (κ3) is 7.47. The fraction of sp³-hybridized carbons (Fsp3) is 0.333. The lowest BCUT2D eigenvalue weighted by atomic mass is 9.98. The molecule has 4 rings (SSSR count). The van der Waals surface area contributed by atoms with E-state index < -0.39 is 55.1 Å². The highest BCUT2D eigenvalue weighted by Crippen LogP contribution is 2.32. The number of rotatable bonds is 10. The van der Waals surface area contributed by atoms with Gasteiger partial charge in [0.25, 0.3) is 0 Å². The second-order valence-electron chi connectivity index (χ2n) is 9.77. The van der Waals surface area contributed by atoms with Gasteiger partial charge in [-0.3, -0.25) is 4.79 Å². The van der Waals surface area contributed by atoms with Crippen LogP contribution in [-0.2, 0) is 20.7 Å². The van der Waals surface area contributed by atoms with Gasteiger partial charge in [0.05, 0.1) is 6.61 Å². The first-order valence-corrected chi connectivity index (χ1v) is 13.1. The molecular weight excluding hydrogens is 534 g/mol. The molecule has 0 aromatic heterocycles. The number of hydrogen-bond donors (Lipinski definition) is 6. The number of aliphatic hydroxyl groups excluding tert-OH is 4. The summed E-state index contributed by atoms with van der Waals surface area (Å²) in [7, 11) is 0. The number of aliphatic hydroxyl groups is 4. The van der Waals surface area contributed by atoms with Crippen LogP contribution < -0.4 is 10.5 Å². The van der Waals surface area contributed by atoms with Gasteiger partial charge in [-0.15, -0.1) is 0 Å². The van der Waals surface area contributed by atoms with Gasteiger partial charge in [-0.1, -0.05) is 48.6 Å². The number of hydrogen-bond acceptors (Lipinski definition) is 11. The molecule has 7 N–H and O–H groups in total. The van der Waals surface area contributed by atoms with E-state index in [9.17, 15) is 35.1 Å². The zero-order chi connectivity index (χ0) is 29.5. The van der Waals surface area contributed by atoms with Crippen molar-refractivity contribution < 1.29 is 49.3 Å². The number of esters is 1. The average Bonchev–Trinajstić information content (AvgIpc) is 2.97. The molecule has 0 bridgehead atoms. The number of aromatic hydroxyl groups is 1. The summed E-state index contributed by atoms with van der Waals surface area (Å²) in [5, 5.41) is 50.0. The summed E-state index contributed by atoms with van der Waals surface area (Å²) in [5.74, 6) is -1.54. The van der Waals surface area contributed by atoms with Crippen molar-refractivity contribution in [2.45, 2.75) is 49.6 Å². The van der Waals surface area contributed by atoms with Crippen molar-refractivity contribution in [3.8, 4) is 11.5 Å². The molecule has 2 aromatic rings. The molecule has 41 heavy (non-hydrogen) atoms. The van der Waals surface area contributed by atoms with E-state index in [4.69, 9.17) is 19.9 Å². The summed E-state index contributed by atoms with van der Waals surface area (Å²) in [6, 6.07) is 12.6. The lowest BCUT2D eigenvalue weighted by Gasteiger charge is -2.39. The van der Waals surface area contributed by atoms with Crippen LogP contribution in [0.2, 0.25) is 0 Å². The van der Waals surface area contributed by atoms with Gasteiger partial charge in [0.1, 0.15) is 53.3 Å². The Kier molecular flexibility index (Phi) is 10.1. The molecule has 0 amide bonds. The molecule has 1 aliphatic heterocycles. The third-order valence-corrected chi connectivity index (χ3v) is 6.76. The average molecular weight is 568 g/mol. The Morgan fingerprint density at radius 2 is 1.80 bits per heavy atom. The molecule has 1 heterocycles. The number of ketones is 1. The van der Waals surface area contributed by atoms with E-state index in [2.05, 4.69) is 0 Å². The summed E-state index contributed by atoms with van der Waals surface area (Å²) in [4.78, 5) is 25.4. The van der Waals surface area contributed by atoms with Crippen LogP contribution in [0.25, 0.3) is 0 Å². The molecule has 218 valence electrons. The highest BCUT2D eigenvalue weighted by molar-refractivity contribution is 6.08. The maximum atomic E-state index is 13.0. The zero-order valence-electron chi connectivity index (χ0n) is 22.0. The van der Waals surface area contributed by atoms with Crippen LogP contribution in [0, 0.1) is 5.92 Å². The molecule has 11 heteroatoms. The predicted octanol–water partition coefficient (Wildman–Crippen LogP) is 0.883. The van der Waals surface area contributed by atoms with Gasteiger partial charge in [-0.05, 0) is 54.7 Å². The molecule has 0 radical (unpaired) electrons. The number of carbonyl (C=O) groups excluding carboxylic acids is 2. The smallest absolute Gasteiger partial charge is 0.328 e. The number of phenols is 1. The Morgan fingerprint density at radius 3 is 2.49 bits per heavy atom. The van der Waals surface area contributed by atoms with Crippen LogP contribution in [0.1, 0.15) is 22.3 Å². The van der Waals surface area contributed by atoms with Gasteiger partial charge in [-0.2, -0.15) is 0 Å². The van der Waals surface area contributed by atoms with Gasteiger partial charge < -0.3 is 45.5 Å². The molecule has 2 aliphatic rings. The van der Waals surface area contributed by atoms with Gasteiger partial charge >= 0.3 is 5.97 Å². The number of allylic oxidation sites excluding steroid dienone is 5. The fourth-order valence-electron chi connectivity index (χ4n) is 4.43. The minimum absolute atomic E-state index is 0.135. The SMILES string of the molecule is N[C@@H](Cc1ccccc1)C(=O)OC1=CCC(C=CC(=O)c2c(O)cccc2O[C@@H]2O[C@H](CO)[C@@H](O)[C@H](O)[C@H]2O)C=C1. The maximum Gasteiger partial charge on any atom is 0.328 e. The summed E-state index contributed by atoms with van der Waals surface area (Å²) in [5.41, 5.74) is 6.70. The van der Waals surface area contributed by atoms with Crippen molar-refractivity contribution in [1.29, 1.82) is 0 Å². The second-order valence-corrected chi connectivity index (χ2v) is 9.77. The highest BCUT2D eigenvalue weighted by atomic mass is 16.7. The first-order chi connectivity index (χ1) is 19.7. The standard InChI is InChI=1S/C30H33NO10/c31-20(15-18-5-2-1-3-6-18)29(38)39-19-12-9-17(10-13-19)11-14-22(34)25-21(33)7-4-8-23(25)40-30-28(37)27(36)26(35)24(16-32)41-30/h1-9,11-14,17,20,24,26-28,30,32-33,35-37H,10,15-16,31H2/t17?,20-,24+,26+,27-,28+,30+/m0/s1. The van der Waals surface area contributed by atoms with E-state index in [1.54, 1.807) is 24.3 Å². The van der Waals surface area contributed by atoms with Crippen molar-refractivity contribution in [3.63, 3.8) is 0 Å². The van der Waals surface area contributed by atoms with Crippen LogP contribution in [0.3, 0.4) is 0 Å². The topological polar surface area (TPSA) is 189 Å². The quantitative estimate of drug-likeness (QED) is 0.136. The fourth-order valence-corrected chi connectivity index (χ4v) is 4.43. The Bertz CT molecular complexity index is 1310. The molecular formula is C30H33NO10. The van der Waals surface area contributed by atoms with Crippen molar-refractivity contribution in [3.05, 3.63) is 95.8 Å². The number of nitrogens with two attached hydrogens (primary N) is 1. The van der Waals surface area contributed by atoms with Crippen molar-refractivity contribution in [1.82, 2.24) is 0 Å². The molecule has 1 fully saturated rings. The maximum absolute atomic E-state index is 13.0. The molecule has 1 saturated heterocycles. The monoisotopic (exact) mass is 567 g/mol. The van der Waals surface area contributed by atoms with E-state index in [0.29, 0.717) is 18.6 Å². The van der Waals surface area contributed by atoms with Crippen molar-refractivity contribution in [2.24, 2.45) is 11.7 Å². The van der Waals surface area contributed by atoms with Crippen LogP contribution in [-0.4, -0.2) is 80.6 Å². The Labute approximate surface area is 236 Å². The van der Waals surface area contributed by atoms with Crippen LogP contribution in [0.15, 0.2) is 84.7 Å². The molecule has 0 saturated carbocycles. The zero-order valence-corrected chi connectivity index (χ0v) is 22.0. The van der Waals surface area contributed by atoms with Gasteiger partial charge in [0, 0.05) is 0 Å². The molecule has 11 nitrogen and oxygen atoms in total. The number of ether oxygens (including phenoxy) is 3. The normalized spacial score (nSPS) is 26.8. The first kappa shape index (κ1) is 30.1. The first-order valence-electron chi connectivity index (χ1n) is 13.1. The minimum atomic E-state index is -1.69. The highest BCUT2D eigenvalue weighted by Gasteiger charge is 2.45. The van der Waals surface area contributed by atoms with E-state index in [-0.39, 0.29) is 23.0 Å². The van der Waals surface area contributed by atoms with E-state index >= 15 is 0 Å². The lowest BCUT2D eigenvalue weighted by Crippen LogP contribution is -2.60. The summed E-state index contributed by atoms with van der Waals surface area (Å²) in [6.07, 6.45) is 1.06. The Hall–Kier alpha value is -3.84. The summed E-state index contributed by atoms with van der Waals surface area (Å²) >= 11 is 0. The van der Waals surface area contributed by atoms with E-state index in [1.807, 2.05) is 30.3 Å². The van der Waals surface area contributed by atoms with Gasteiger partial charge in [-0.25, -0.2) is 4.79 Å². The van der Waals surface area contributed by atoms with Gasteiger partial charge in [0.15, 0.2) is 5.78 Å². The van der Waals surface area contributed by atoms with E-state index in [0.717, 1.165) is 5.56 Å². The second kappa shape index (κ2) is 13.7. The van der Waals surface area contributed by atoms with Gasteiger partial charge in [0.2, 0.25) is 6.29 Å². The summed E-state index contributed by atoms with van der Waals surface area (Å²) in [6.45, 7) is -0.649. The largest absolute Gasteiger partial charge is 0.507 e. The lowest BCUT2D eigenvalue weighted by molar-refractivity contribution is -0.277. The molecule has 0 spiro atoms. The molecule has 2 aromatic carbocycles. The molecule has 1 aliphatic carbocycles. The van der Waals surface area contributed by atoms with Crippen LogP contribution >= 0.6 is 0 Å². The van der Waals surface area contributed by atoms with Crippen molar-refractivity contribution >= 4 is 11.8 Å². The van der Waals surface area contributed by atoms with Crippen LogP contribution in [0.4, 0.5) is 0 Å². The third-order valence-electron chi connectivity index (χ3n) is 6.76. The van der Waals surface area contributed by atoms with E-state index in [1.165, 1.54) is 24.3 Å². The van der Waals surface area contributed by atoms with Crippen molar-refractivity contribution in [2.75, 3.05) is 6.61 Å². The Balaban J connectivity index is 1.36. The minimum Gasteiger partial charge on any atom is -0.507 e. The Morgan fingerprint density at radius 1 is 1.05 bits per heavy atom. The summed E-state index contributed by atoms with van der Waals surface area (Å²) < 4.78 is 16.3. The predicted molar refractivity (Wildman–Crippen MR) is 146 cm³/mol. The number of benzene rings is 2. The molecule has 7 atom stereocenters. The number of phenolic OH excluding ortho intramolecular Hbond substituents is 1. The molecule has 1 unspecified atom stereocenters. The number of carbonyl (C=O) groups is 2. The van der Waals surface area contributed by atoms with Crippen LogP contribution in [0.5, 0.6) is 11.5 Å².